The van der Waals surface area contributed by atoms with E-state index < -0.39 is 21.9 Å². The van der Waals surface area contributed by atoms with Gasteiger partial charge in [-0.3, -0.25) is 4.79 Å². The number of amides is 1. The largest absolute Gasteiger partial charge is 0.464 e. The first kappa shape index (κ1) is 18.5. The van der Waals surface area contributed by atoms with Crippen LogP contribution in [0.15, 0.2) is 66.0 Å². The highest BCUT2D eigenvalue weighted by Gasteiger charge is 2.23. The van der Waals surface area contributed by atoms with Crippen LogP contribution in [-0.4, -0.2) is 35.9 Å². The zero-order chi connectivity index (χ0) is 19.6. The van der Waals surface area contributed by atoms with Gasteiger partial charge in [0.15, 0.2) is 0 Å². The Hall–Kier alpha value is -3.33. The number of carbonyl (C=O) groups excluding carboxylic acids is 2. The molecule has 1 aromatic carbocycles. The summed E-state index contributed by atoms with van der Waals surface area (Å²) in [4.78, 5) is 23.9. The van der Waals surface area contributed by atoms with E-state index >= 15 is 0 Å². The van der Waals surface area contributed by atoms with Crippen LogP contribution in [0, 0.1) is 0 Å². The topological polar surface area (TPSA) is 99.4 Å². The number of aromatic nitrogens is 2. The van der Waals surface area contributed by atoms with E-state index in [0.29, 0.717) is 5.69 Å². The summed E-state index contributed by atoms with van der Waals surface area (Å²) in [5.41, 5.74) is 0.890. The van der Waals surface area contributed by atoms with Gasteiger partial charge in [0.05, 0.1) is 12.7 Å². The first-order valence-corrected chi connectivity index (χ1v) is 9.31. The number of aryl methyl sites for hydroxylation is 1. The minimum atomic E-state index is -3.96. The fourth-order valence-corrected chi connectivity index (χ4v) is 3.76. The monoisotopic (exact) mass is 387 g/mol. The Morgan fingerprint density at radius 1 is 1.07 bits per heavy atom. The van der Waals surface area contributed by atoms with E-state index in [1.807, 2.05) is 6.07 Å². The Labute approximate surface area is 156 Å². The second kappa shape index (κ2) is 7.12. The second-order valence-electron chi connectivity index (χ2n) is 5.72. The lowest BCUT2D eigenvalue weighted by molar-refractivity contribution is 0.0589. The van der Waals surface area contributed by atoms with Crippen LogP contribution in [0.1, 0.15) is 20.8 Å². The van der Waals surface area contributed by atoms with Gasteiger partial charge < -0.3 is 14.6 Å². The summed E-state index contributed by atoms with van der Waals surface area (Å²) in [7, 11) is -1.20. The molecule has 3 rings (SSSR count). The van der Waals surface area contributed by atoms with Crippen molar-refractivity contribution in [3.8, 4) is 0 Å². The van der Waals surface area contributed by atoms with Crippen molar-refractivity contribution in [2.75, 3.05) is 12.4 Å². The Bertz CT molecular complexity index is 1100. The van der Waals surface area contributed by atoms with Gasteiger partial charge in [-0.1, -0.05) is 18.2 Å². The van der Waals surface area contributed by atoms with Crippen molar-refractivity contribution in [3.05, 3.63) is 72.3 Å². The standard InChI is InChI=1S/C18H17N3O5S/c1-20-12-15(10-16(20)18(23)26-2)27(24,25)21-9-8-13(11-21)17(22)19-14-6-4-3-5-7-14/h3-12H,1-2H3,(H,19,22). The molecule has 0 atom stereocenters. The molecule has 0 fully saturated rings. The smallest absolute Gasteiger partial charge is 0.354 e. The number of esters is 1. The molecule has 0 aliphatic carbocycles. The van der Waals surface area contributed by atoms with Crippen LogP contribution in [0.25, 0.3) is 0 Å². The van der Waals surface area contributed by atoms with Crippen molar-refractivity contribution < 1.29 is 22.7 Å². The highest BCUT2D eigenvalue weighted by molar-refractivity contribution is 7.90. The van der Waals surface area contributed by atoms with E-state index in [4.69, 9.17) is 0 Å². The third kappa shape index (κ3) is 3.63. The minimum Gasteiger partial charge on any atom is -0.464 e. The van der Waals surface area contributed by atoms with Gasteiger partial charge in [-0.25, -0.2) is 17.2 Å². The van der Waals surface area contributed by atoms with E-state index in [9.17, 15) is 18.0 Å². The van der Waals surface area contributed by atoms with Gasteiger partial charge in [-0.05, 0) is 24.3 Å². The number of nitrogens with zero attached hydrogens (tertiary/aromatic N) is 2. The van der Waals surface area contributed by atoms with Gasteiger partial charge in [0.25, 0.3) is 15.9 Å². The second-order valence-corrected chi connectivity index (χ2v) is 7.56. The maximum Gasteiger partial charge on any atom is 0.354 e. The summed E-state index contributed by atoms with van der Waals surface area (Å²) < 4.78 is 32.5. The minimum absolute atomic E-state index is 0.0870. The number of rotatable bonds is 5. The van der Waals surface area contributed by atoms with Crippen LogP contribution in [0.3, 0.4) is 0 Å². The third-order valence-corrected chi connectivity index (χ3v) is 5.51. The van der Waals surface area contributed by atoms with Gasteiger partial charge in [0.2, 0.25) is 0 Å². The van der Waals surface area contributed by atoms with Gasteiger partial charge in [0, 0.05) is 31.3 Å². The molecule has 140 valence electrons. The fourth-order valence-electron chi connectivity index (χ4n) is 2.49. The summed E-state index contributed by atoms with van der Waals surface area (Å²) in [5, 5.41) is 2.69. The molecule has 27 heavy (non-hydrogen) atoms. The first-order chi connectivity index (χ1) is 12.8. The number of anilines is 1. The number of para-hydroxylation sites is 1. The molecule has 0 saturated heterocycles. The maximum atomic E-state index is 12.8. The van der Waals surface area contributed by atoms with Crippen molar-refractivity contribution in [3.63, 3.8) is 0 Å². The van der Waals surface area contributed by atoms with Crippen molar-refractivity contribution >= 4 is 27.6 Å². The van der Waals surface area contributed by atoms with E-state index in [2.05, 4.69) is 10.1 Å². The Morgan fingerprint density at radius 3 is 2.44 bits per heavy atom. The molecule has 1 N–H and O–H groups in total. The predicted molar refractivity (Wildman–Crippen MR) is 98.2 cm³/mol. The lowest BCUT2D eigenvalue weighted by Crippen LogP contribution is -2.13. The molecule has 0 saturated carbocycles. The molecule has 9 heteroatoms. The van der Waals surface area contributed by atoms with Gasteiger partial charge in [-0.15, -0.1) is 0 Å². The average Bonchev–Trinajstić information content (AvgIpc) is 3.30. The lowest BCUT2D eigenvalue weighted by Gasteiger charge is -2.04. The average molecular weight is 387 g/mol. The van der Waals surface area contributed by atoms with Gasteiger partial charge in [-0.2, -0.15) is 0 Å². The molecule has 3 aromatic rings. The molecule has 0 spiro atoms. The quantitative estimate of drug-likeness (QED) is 0.676. The molecule has 1 amide bonds. The number of hydrogen-bond donors (Lipinski definition) is 1. The Morgan fingerprint density at radius 2 is 1.78 bits per heavy atom. The van der Waals surface area contributed by atoms with Crippen LogP contribution in [0.2, 0.25) is 0 Å². The van der Waals surface area contributed by atoms with Gasteiger partial charge in [0.1, 0.15) is 10.6 Å². The highest BCUT2D eigenvalue weighted by Crippen LogP contribution is 2.19. The molecular formula is C18H17N3O5S. The SMILES string of the molecule is COC(=O)c1cc(S(=O)(=O)n2ccc(C(=O)Nc3ccccc3)c2)cn1C. The van der Waals surface area contributed by atoms with Crippen molar-refractivity contribution in [1.29, 1.82) is 0 Å². The zero-order valence-corrected chi connectivity index (χ0v) is 15.4. The predicted octanol–water partition coefficient (Wildman–Crippen LogP) is 2.10. The van der Waals surface area contributed by atoms with E-state index in [1.165, 1.54) is 42.4 Å². The summed E-state index contributed by atoms with van der Waals surface area (Å²) in [6.45, 7) is 0. The zero-order valence-electron chi connectivity index (χ0n) is 14.6. The number of ether oxygens (including phenoxy) is 1. The van der Waals surface area contributed by atoms with Crippen LogP contribution < -0.4 is 5.32 Å². The van der Waals surface area contributed by atoms with E-state index in [0.717, 1.165) is 3.97 Å². The molecular weight excluding hydrogens is 370 g/mol. The van der Waals surface area contributed by atoms with Crippen molar-refractivity contribution in [1.82, 2.24) is 8.54 Å². The third-order valence-electron chi connectivity index (χ3n) is 3.91. The molecule has 0 bridgehead atoms. The Balaban J connectivity index is 1.87. The molecule has 2 heterocycles. The fraction of sp³-hybridized carbons (Fsp3) is 0.111. The van der Waals surface area contributed by atoms with Crippen LogP contribution in [0.4, 0.5) is 5.69 Å². The molecule has 2 aromatic heterocycles. The molecule has 0 aliphatic heterocycles. The number of nitrogens with one attached hydrogen (secondary N) is 1. The Kier molecular flexibility index (Phi) is 4.87. The molecule has 0 aliphatic rings. The normalized spacial score (nSPS) is 11.2. The maximum absolute atomic E-state index is 12.8. The lowest BCUT2D eigenvalue weighted by atomic mass is 10.3. The molecule has 8 nitrogen and oxygen atoms in total. The van der Waals surface area contributed by atoms with Crippen LogP contribution >= 0.6 is 0 Å². The summed E-state index contributed by atoms with van der Waals surface area (Å²) in [6.07, 6.45) is 3.81. The molecule has 0 unspecified atom stereocenters. The number of methoxy groups -OCH3 is 1. The van der Waals surface area contributed by atoms with Gasteiger partial charge >= 0.3 is 5.97 Å². The van der Waals surface area contributed by atoms with E-state index in [-0.39, 0.29) is 16.2 Å². The molecule has 0 radical (unpaired) electrons. The first-order valence-electron chi connectivity index (χ1n) is 7.87. The summed E-state index contributed by atoms with van der Waals surface area (Å²) in [5.74, 6) is -1.08. The highest BCUT2D eigenvalue weighted by atomic mass is 32.2. The number of carbonyl (C=O) groups is 2. The summed E-state index contributed by atoms with van der Waals surface area (Å²) >= 11 is 0. The van der Waals surface area contributed by atoms with Crippen LogP contribution in [-0.2, 0) is 21.8 Å². The van der Waals surface area contributed by atoms with E-state index in [1.54, 1.807) is 31.3 Å². The number of hydrogen-bond acceptors (Lipinski definition) is 5. The summed E-state index contributed by atoms with van der Waals surface area (Å²) in [6, 6.07) is 11.5. The number of benzene rings is 1. The van der Waals surface area contributed by atoms with Crippen molar-refractivity contribution in [2.45, 2.75) is 4.90 Å². The van der Waals surface area contributed by atoms with Crippen molar-refractivity contribution in [2.24, 2.45) is 7.05 Å². The van der Waals surface area contributed by atoms with Crippen LogP contribution in [0.5, 0.6) is 0 Å².